The molecule has 1 fully saturated rings. The van der Waals surface area contributed by atoms with Crippen LogP contribution in [0.25, 0.3) is 16.9 Å². The number of nitrogens with zero attached hydrogens (tertiary/aromatic N) is 5. The third kappa shape index (κ3) is 3.69. The molecular weight excluding hydrogens is 449 g/mol. The van der Waals surface area contributed by atoms with Crippen molar-refractivity contribution in [1.82, 2.24) is 29.6 Å². The smallest absolute Gasteiger partial charge is 0.278 e. The average Bonchev–Trinajstić information content (AvgIpc) is 3.53. The maximum atomic E-state index is 15.1. The van der Waals surface area contributed by atoms with Crippen LogP contribution in [0.1, 0.15) is 49.6 Å². The van der Waals surface area contributed by atoms with Gasteiger partial charge in [0.05, 0.1) is 5.69 Å². The van der Waals surface area contributed by atoms with E-state index >= 15 is 4.39 Å². The van der Waals surface area contributed by atoms with Crippen molar-refractivity contribution in [3.63, 3.8) is 0 Å². The molecule has 3 N–H and O–H groups in total. The van der Waals surface area contributed by atoms with E-state index in [9.17, 15) is 9.90 Å². The first kappa shape index (κ1) is 21.9. The summed E-state index contributed by atoms with van der Waals surface area (Å²) in [6.07, 6.45) is 3.58. The number of hydrogen-bond donors (Lipinski definition) is 3. The van der Waals surface area contributed by atoms with Gasteiger partial charge in [0, 0.05) is 24.5 Å². The van der Waals surface area contributed by atoms with Crippen LogP contribution in [0.4, 0.5) is 16.0 Å². The summed E-state index contributed by atoms with van der Waals surface area (Å²) in [6.45, 7) is 5.43. The minimum atomic E-state index is -1.04. The van der Waals surface area contributed by atoms with Gasteiger partial charge in [0.25, 0.3) is 5.56 Å². The van der Waals surface area contributed by atoms with E-state index in [1.54, 1.807) is 0 Å². The van der Waals surface area contributed by atoms with Crippen molar-refractivity contribution < 1.29 is 9.50 Å². The molecule has 6 rings (SSSR count). The molecule has 0 amide bonds. The van der Waals surface area contributed by atoms with Crippen molar-refractivity contribution in [3.05, 3.63) is 69.5 Å². The Morgan fingerprint density at radius 1 is 1.17 bits per heavy atom. The molecule has 1 saturated carbocycles. The molecule has 1 aromatic carbocycles. The number of rotatable bonds is 5. The second-order valence-corrected chi connectivity index (χ2v) is 9.55. The van der Waals surface area contributed by atoms with Crippen molar-refractivity contribution in [2.24, 2.45) is 0 Å². The van der Waals surface area contributed by atoms with Crippen molar-refractivity contribution in [1.29, 1.82) is 0 Å². The lowest BCUT2D eigenvalue weighted by molar-refractivity contribution is 0.146. The first-order valence-corrected chi connectivity index (χ1v) is 11.8. The highest BCUT2D eigenvalue weighted by Crippen LogP contribution is 2.44. The number of anilines is 2. The van der Waals surface area contributed by atoms with Gasteiger partial charge in [0.15, 0.2) is 17.3 Å². The highest BCUT2D eigenvalue weighted by molar-refractivity contribution is 5.77. The second-order valence-electron chi connectivity index (χ2n) is 9.55. The highest BCUT2D eigenvalue weighted by Gasteiger charge is 2.44. The van der Waals surface area contributed by atoms with E-state index in [-0.39, 0.29) is 34.4 Å². The van der Waals surface area contributed by atoms with Crippen LogP contribution in [-0.2, 0) is 18.6 Å². The zero-order chi connectivity index (χ0) is 24.3. The van der Waals surface area contributed by atoms with Gasteiger partial charge in [0.2, 0.25) is 5.95 Å². The summed E-state index contributed by atoms with van der Waals surface area (Å²) < 4.78 is 17.9. The minimum absolute atomic E-state index is 0.0758. The average molecular weight is 476 g/mol. The van der Waals surface area contributed by atoms with Crippen LogP contribution in [0.5, 0.6) is 0 Å². The van der Waals surface area contributed by atoms with Crippen molar-refractivity contribution in [3.8, 4) is 5.82 Å². The Morgan fingerprint density at radius 2 is 2.00 bits per heavy atom. The molecule has 0 bridgehead atoms. The van der Waals surface area contributed by atoms with E-state index < -0.39 is 11.4 Å². The van der Waals surface area contributed by atoms with Gasteiger partial charge >= 0.3 is 0 Å². The van der Waals surface area contributed by atoms with Gasteiger partial charge in [-0.25, -0.2) is 23.7 Å². The Labute approximate surface area is 200 Å². The van der Waals surface area contributed by atoms with Crippen LogP contribution in [0, 0.1) is 5.82 Å². The van der Waals surface area contributed by atoms with E-state index in [1.165, 1.54) is 38.8 Å². The molecule has 0 radical (unpaired) electrons. The number of fused-ring (bicyclic) bond motifs is 2. The van der Waals surface area contributed by atoms with Crippen LogP contribution >= 0.6 is 0 Å². The fourth-order valence-corrected chi connectivity index (χ4v) is 4.63. The molecule has 0 spiro atoms. The zero-order valence-electron chi connectivity index (χ0n) is 19.5. The summed E-state index contributed by atoms with van der Waals surface area (Å²) in [5.74, 6) is -0.402. The number of benzene rings is 1. The van der Waals surface area contributed by atoms with Crippen molar-refractivity contribution in [2.45, 2.75) is 51.3 Å². The van der Waals surface area contributed by atoms with Crippen LogP contribution in [0.2, 0.25) is 0 Å². The Kier molecular flexibility index (Phi) is 4.97. The lowest BCUT2D eigenvalue weighted by atomic mass is 10.0. The Balaban J connectivity index is 1.49. The van der Waals surface area contributed by atoms with Crippen molar-refractivity contribution >= 4 is 22.7 Å². The van der Waals surface area contributed by atoms with Crippen LogP contribution in [0.15, 0.2) is 41.3 Å². The van der Waals surface area contributed by atoms with Gasteiger partial charge in [-0.1, -0.05) is 6.07 Å². The molecule has 3 aromatic heterocycles. The van der Waals surface area contributed by atoms with Gasteiger partial charge in [0.1, 0.15) is 11.0 Å². The molecule has 2 aliphatic rings. The fraction of sp³-hybridized carbons (Fsp3) is 0.360. The number of nitrogens with one attached hydrogen (secondary N) is 2. The van der Waals surface area contributed by atoms with Crippen molar-refractivity contribution in [2.75, 3.05) is 11.9 Å². The Hall–Kier alpha value is -3.63. The van der Waals surface area contributed by atoms with Gasteiger partial charge in [-0.05, 0) is 75.0 Å². The normalized spacial score (nSPS) is 16.5. The van der Waals surface area contributed by atoms with Crippen LogP contribution in [0.3, 0.4) is 0 Å². The fourth-order valence-electron chi connectivity index (χ4n) is 4.63. The SMILES string of the molecule is CC(C)n1c(=O)c2cnc(Nc3ccc4c(c3)CNCC4)nc2n1-c1nc(C2(O)CC2)ccc1F. The molecule has 0 atom stereocenters. The van der Waals surface area contributed by atoms with Gasteiger partial charge in [-0.3, -0.25) is 4.79 Å². The predicted octanol–water partition coefficient (Wildman–Crippen LogP) is 3.07. The van der Waals surface area contributed by atoms with Gasteiger partial charge in [-0.15, -0.1) is 0 Å². The molecule has 0 saturated heterocycles. The molecule has 180 valence electrons. The maximum Gasteiger partial charge on any atom is 0.278 e. The lowest BCUT2D eigenvalue weighted by Crippen LogP contribution is -2.25. The lowest BCUT2D eigenvalue weighted by Gasteiger charge is -2.18. The van der Waals surface area contributed by atoms with Crippen LogP contribution < -0.4 is 16.2 Å². The molecule has 35 heavy (non-hydrogen) atoms. The standard InChI is InChI=1S/C25H26FN7O2/c1-14(2)32-23(34)18-13-28-24(29-17-4-3-15-7-10-27-12-16(15)11-17)31-21(18)33(32)22-19(26)5-6-20(30-22)25(35)8-9-25/h3-6,11,13-14,27,35H,7-10,12H2,1-2H3,(H,28,29,31). The molecular formula is C25H26FN7O2. The number of hydrogen-bond acceptors (Lipinski definition) is 7. The summed E-state index contributed by atoms with van der Waals surface area (Å²) in [5.41, 5.74) is 2.60. The summed E-state index contributed by atoms with van der Waals surface area (Å²) >= 11 is 0. The van der Waals surface area contributed by atoms with E-state index in [1.807, 2.05) is 19.9 Å². The first-order chi connectivity index (χ1) is 16.8. The number of aliphatic hydroxyl groups is 1. The predicted molar refractivity (Wildman–Crippen MR) is 130 cm³/mol. The third-order valence-corrected chi connectivity index (χ3v) is 6.69. The Bertz CT molecular complexity index is 1520. The quantitative estimate of drug-likeness (QED) is 0.407. The Morgan fingerprint density at radius 3 is 2.77 bits per heavy atom. The van der Waals surface area contributed by atoms with E-state index in [0.29, 0.717) is 18.5 Å². The highest BCUT2D eigenvalue weighted by atomic mass is 19.1. The number of pyridine rings is 1. The molecule has 9 nitrogen and oxygen atoms in total. The molecule has 1 aliphatic heterocycles. The van der Waals surface area contributed by atoms with Gasteiger partial charge < -0.3 is 15.7 Å². The largest absolute Gasteiger partial charge is 0.384 e. The molecule has 0 unspecified atom stereocenters. The molecule has 10 heteroatoms. The summed E-state index contributed by atoms with van der Waals surface area (Å²) in [6, 6.07) is 8.59. The summed E-state index contributed by atoms with van der Waals surface area (Å²) in [7, 11) is 0. The molecule has 4 heterocycles. The molecule has 4 aromatic rings. The second kappa shape index (κ2) is 7.96. The zero-order valence-corrected chi connectivity index (χ0v) is 19.5. The van der Waals surface area contributed by atoms with E-state index in [0.717, 1.165) is 25.2 Å². The molecule has 1 aliphatic carbocycles. The van der Waals surface area contributed by atoms with E-state index in [4.69, 9.17) is 0 Å². The first-order valence-electron chi connectivity index (χ1n) is 11.8. The van der Waals surface area contributed by atoms with E-state index in [2.05, 4.69) is 37.7 Å². The third-order valence-electron chi connectivity index (χ3n) is 6.69. The number of aromatic nitrogens is 5. The number of halogens is 1. The van der Waals surface area contributed by atoms with Gasteiger partial charge in [-0.2, -0.15) is 4.98 Å². The topological polar surface area (TPSA) is 110 Å². The monoisotopic (exact) mass is 475 g/mol. The van der Waals surface area contributed by atoms with Crippen LogP contribution in [-0.4, -0.2) is 36.0 Å². The summed E-state index contributed by atoms with van der Waals surface area (Å²) in [5, 5.41) is 17.4. The summed E-state index contributed by atoms with van der Waals surface area (Å²) in [4.78, 5) is 26.6. The maximum absolute atomic E-state index is 15.1. The minimum Gasteiger partial charge on any atom is -0.384 e.